The van der Waals surface area contributed by atoms with Gasteiger partial charge in [-0.3, -0.25) is 0 Å². The zero-order chi connectivity index (χ0) is 24.5. The smallest absolute Gasteiger partial charge is 0.485 e. The van der Waals surface area contributed by atoms with E-state index in [1.807, 2.05) is 20.8 Å². The molecule has 0 bridgehead atoms. The number of halogens is 2. The Morgan fingerprint density at radius 1 is 1.21 bits per heavy atom. The molecule has 1 fully saturated rings. The van der Waals surface area contributed by atoms with Crippen molar-refractivity contribution in [3.05, 3.63) is 65.6 Å². The van der Waals surface area contributed by atoms with Gasteiger partial charge in [0.2, 0.25) is 0 Å². The van der Waals surface area contributed by atoms with E-state index in [4.69, 9.17) is 18.8 Å². The summed E-state index contributed by atoms with van der Waals surface area (Å²) in [5, 5.41) is 4.19. The van der Waals surface area contributed by atoms with Gasteiger partial charge in [-0.05, 0) is 51.5 Å². The molecule has 1 aliphatic rings. The molecule has 8 nitrogen and oxygen atoms in total. The van der Waals surface area contributed by atoms with Crippen molar-refractivity contribution >= 4 is 18.6 Å². The lowest BCUT2D eigenvalue weighted by Crippen LogP contribution is -2.35. The Labute approximate surface area is 195 Å². The van der Waals surface area contributed by atoms with Crippen LogP contribution in [-0.2, 0) is 20.7 Å². The van der Waals surface area contributed by atoms with Gasteiger partial charge in [0.1, 0.15) is 18.2 Å². The fraction of sp³-hybridized carbons (Fsp3) is 0.348. The van der Waals surface area contributed by atoms with Crippen LogP contribution in [0.5, 0.6) is 5.75 Å². The van der Waals surface area contributed by atoms with Crippen molar-refractivity contribution in [3.8, 4) is 11.6 Å². The highest BCUT2D eigenvalue weighted by atomic mass is 19.1. The molecule has 11 heteroatoms. The van der Waals surface area contributed by atoms with Crippen LogP contribution >= 0.6 is 0 Å². The predicted molar refractivity (Wildman–Crippen MR) is 119 cm³/mol. The number of esters is 1. The molecule has 1 aromatic carbocycles. The SMILES string of the molecule is CCOC(=O)c1cnn(-c2ncc(B3OC(C)C(C)(C)O3)cc2OCc2cc(F)cc(F)c2)c1. The van der Waals surface area contributed by atoms with Crippen LogP contribution in [0, 0.1) is 11.6 Å². The van der Waals surface area contributed by atoms with Crippen molar-refractivity contribution in [2.45, 2.75) is 46.0 Å². The molecule has 4 rings (SSSR count). The van der Waals surface area contributed by atoms with E-state index in [1.54, 1.807) is 19.2 Å². The summed E-state index contributed by atoms with van der Waals surface area (Å²) >= 11 is 0. The minimum Gasteiger partial charge on any atom is -0.485 e. The first kappa shape index (κ1) is 23.8. The average molecular weight is 471 g/mol. The number of pyridine rings is 1. The lowest BCUT2D eigenvalue weighted by atomic mass is 9.80. The molecule has 1 unspecified atom stereocenters. The number of aromatic nitrogens is 3. The first-order valence-electron chi connectivity index (χ1n) is 10.8. The molecule has 178 valence electrons. The van der Waals surface area contributed by atoms with Crippen LogP contribution in [0.3, 0.4) is 0 Å². The van der Waals surface area contributed by atoms with Gasteiger partial charge in [-0.1, -0.05) is 0 Å². The predicted octanol–water partition coefficient (Wildman–Crippen LogP) is 3.21. The van der Waals surface area contributed by atoms with Gasteiger partial charge in [0.25, 0.3) is 0 Å². The fourth-order valence-corrected chi connectivity index (χ4v) is 3.37. The van der Waals surface area contributed by atoms with E-state index in [1.165, 1.54) is 29.2 Å². The molecule has 1 atom stereocenters. The Morgan fingerprint density at radius 3 is 2.59 bits per heavy atom. The highest BCUT2D eigenvalue weighted by Gasteiger charge is 2.44. The lowest BCUT2D eigenvalue weighted by molar-refractivity contribution is 0.0526. The largest absolute Gasteiger partial charge is 0.496 e. The Bertz CT molecular complexity index is 1180. The molecule has 1 saturated heterocycles. The van der Waals surface area contributed by atoms with Gasteiger partial charge in [-0.25, -0.2) is 23.2 Å². The van der Waals surface area contributed by atoms with Gasteiger partial charge in [0, 0.05) is 23.9 Å². The standard InChI is InChI=1S/C23H24BF2N3O5/c1-5-31-22(30)16-10-28-29(12-16)21-20(32-13-15-6-18(25)9-19(26)7-15)8-17(11-27-21)24-33-14(2)23(3,4)34-24/h6-12,14H,5,13H2,1-4H3. The van der Waals surface area contributed by atoms with E-state index >= 15 is 0 Å². The number of nitrogens with zero attached hydrogens (tertiary/aromatic N) is 3. The van der Waals surface area contributed by atoms with Crippen molar-refractivity contribution in [3.63, 3.8) is 0 Å². The van der Waals surface area contributed by atoms with Crippen molar-refractivity contribution in [1.82, 2.24) is 14.8 Å². The monoisotopic (exact) mass is 471 g/mol. The van der Waals surface area contributed by atoms with Crippen LogP contribution in [0.25, 0.3) is 5.82 Å². The molecule has 0 saturated carbocycles. The van der Waals surface area contributed by atoms with E-state index in [2.05, 4.69) is 10.1 Å². The summed E-state index contributed by atoms with van der Waals surface area (Å²) in [7, 11) is -0.673. The molecule has 1 aliphatic heterocycles. The van der Waals surface area contributed by atoms with Crippen LogP contribution in [0.2, 0.25) is 0 Å². The third kappa shape index (κ3) is 5.10. The first-order chi connectivity index (χ1) is 16.2. The van der Waals surface area contributed by atoms with Crippen molar-refractivity contribution in [1.29, 1.82) is 0 Å². The molecule has 3 heterocycles. The third-order valence-corrected chi connectivity index (χ3v) is 5.47. The molecule has 3 aromatic rings. The summed E-state index contributed by atoms with van der Waals surface area (Å²) in [6.07, 6.45) is 4.22. The number of carbonyl (C=O) groups excluding carboxylic acids is 1. The van der Waals surface area contributed by atoms with Gasteiger partial charge in [-0.2, -0.15) is 5.10 Å². The maximum atomic E-state index is 13.6. The molecule has 0 amide bonds. The molecule has 2 aromatic heterocycles. The molecule has 0 spiro atoms. The van der Waals surface area contributed by atoms with Crippen LogP contribution < -0.4 is 10.2 Å². The topological polar surface area (TPSA) is 84.7 Å². The van der Waals surface area contributed by atoms with Crippen LogP contribution in [0.4, 0.5) is 8.78 Å². The average Bonchev–Trinajstić information content (AvgIpc) is 3.36. The molecule has 0 N–H and O–H groups in total. The number of carbonyl (C=O) groups is 1. The highest BCUT2D eigenvalue weighted by Crippen LogP contribution is 2.28. The number of ether oxygens (including phenoxy) is 2. The number of rotatable bonds is 7. The molecule has 34 heavy (non-hydrogen) atoms. The van der Waals surface area contributed by atoms with Gasteiger partial charge < -0.3 is 18.8 Å². The minimum absolute atomic E-state index is 0.132. The molecular formula is C23H24BF2N3O5. The highest BCUT2D eigenvalue weighted by molar-refractivity contribution is 6.62. The van der Waals surface area contributed by atoms with Crippen molar-refractivity contribution < 1.29 is 32.4 Å². The second kappa shape index (κ2) is 9.51. The van der Waals surface area contributed by atoms with Gasteiger partial charge in [-0.15, -0.1) is 0 Å². The van der Waals surface area contributed by atoms with Gasteiger partial charge in [0.05, 0.1) is 30.1 Å². The summed E-state index contributed by atoms with van der Waals surface area (Å²) in [6.45, 7) is 7.57. The van der Waals surface area contributed by atoms with E-state index < -0.39 is 30.3 Å². The first-order valence-corrected chi connectivity index (χ1v) is 10.8. The van der Waals surface area contributed by atoms with Crippen LogP contribution in [0.15, 0.2) is 42.9 Å². The normalized spacial score (nSPS) is 17.1. The van der Waals surface area contributed by atoms with Crippen molar-refractivity contribution in [2.75, 3.05) is 6.61 Å². The van der Waals surface area contributed by atoms with E-state index in [-0.39, 0.29) is 36.4 Å². The van der Waals surface area contributed by atoms with Gasteiger partial charge in [0.15, 0.2) is 11.6 Å². The zero-order valence-corrected chi connectivity index (χ0v) is 19.2. The summed E-state index contributed by atoms with van der Waals surface area (Å²) < 4.78 is 51.4. The second-order valence-electron chi connectivity index (χ2n) is 8.38. The van der Waals surface area contributed by atoms with Crippen molar-refractivity contribution in [2.24, 2.45) is 0 Å². The fourth-order valence-electron chi connectivity index (χ4n) is 3.37. The summed E-state index contributed by atoms with van der Waals surface area (Å²) in [5.41, 5.74) is 0.632. The van der Waals surface area contributed by atoms with E-state index in [9.17, 15) is 13.6 Å². The number of benzene rings is 1. The molecular weight excluding hydrogens is 447 g/mol. The quantitative estimate of drug-likeness (QED) is 0.387. The van der Waals surface area contributed by atoms with E-state index in [0.29, 0.717) is 11.0 Å². The Kier molecular flexibility index (Phi) is 6.67. The summed E-state index contributed by atoms with van der Waals surface area (Å²) in [6, 6.07) is 4.82. The van der Waals surface area contributed by atoms with E-state index in [0.717, 1.165) is 6.07 Å². The number of hydrogen-bond donors (Lipinski definition) is 0. The molecule has 0 aliphatic carbocycles. The Hall–Kier alpha value is -3.31. The second-order valence-corrected chi connectivity index (χ2v) is 8.38. The summed E-state index contributed by atoms with van der Waals surface area (Å²) in [5.74, 6) is -1.42. The maximum absolute atomic E-state index is 13.6. The Morgan fingerprint density at radius 2 is 1.94 bits per heavy atom. The maximum Gasteiger partial charge on any atom is 0.496 e. The van der Waals surface area contributed by atoms with Gasteiger partial charge >= 0.3 is 13.1 Å². The summed E-state index contributed by atoms with van der Waals surface area (Å²) in [4.78, 5) is 16.5. The zero-order valence-electron chi connectivity index (χ0n) is 19.2. The number of hydrogen-bond acceptors (Lipinski definition) is 7. The minimum atomic E-state index is -0.708. The van der Waals surface area contributed by atoms with Crippen LogP contribution in [-0.4, -0.2) is 46.2 Å². The lowest BCUT2D eigenvalue weighted by Gasteiger charge is -2.21. The van der Waals surface area contributed by atoms with Crippen LogP contribution in [0.1, 0.15) is 43.6 Å². The Balaban J connectivity index is 1.66. The molecule has 0 radical (unpaired) electrons. The third-order valence-electron chi connectivity index (χ3n) is 5.47.